The van der Waals surface area contributed by atoms with Gasteiger partial charge >= 0.3 is 0 Å². The molecule has 1 unspecified atom stereocenters. The number of furan rings is 1. The first-order valence-electron chi connectivity index (χ1n) is 6.89. The SMILES string of the molecule is CN(Cc1ccoc1)C1(CN)CN2CCC1CC2. The molecule has 1 aromatic heterocycles. The third-order valence-corrected chi connectivity index (χ3v) is 4.96. The van der Waals surface area contributed by atoms with Crippen molar-refractivity contribution in [3.8, 4) is 0 Å². The van der Waals surface area contributed by atoms with Crippen LogP contribution in [0.25, 0.3) is 0 Å². The Morgan fingerprint density at radius 2 is 2.28 bits per heavy atom. The van der Waals surface area contributed by atoms with Gasteiger partial charge in [-0.2, -0.15) is 0 Å². The highest BCUT2D eigenvalue weighted by Crippen LogP contribution is 2.39. The van der Waals surface area contributed by atoms with Gasteiger partial charge in [-0.15, -0.1) is 0 Å². The molecular formula is C14H23N3O. The van der Waals surface area contributed by atoms with E-state index in [1.807, 2.05) is 12.3 Å². The summed E-state index contributed by atoms with van der Waals surface area (Å²) in [5, 5.41) is 0. The lowest BCUT2D eigenvalue weighted by atomic mass is 9.71. The van der Waals surface area contributed by atoms with Gasteiger partial charge in [-0.1, -0.05) is 0 Å². The van der Waals surface area contributed by atoms with E-state index >= 15 is 0 Å². The molecule has 3 fully saturated rings. The average Bonchev–Trinajstić information content (AvgIpc) is 2.92. The second-order valence-electron chi connectivity index (χ2n) is 5.85. The Balaban J connectivity index is 1.78. The Bertz CT molecular complexity index is 384. The maximum atomic E-state index is 6.16. The van der Waals surface area contributed by atoms with Gasteiger partial charge < -0.3 is 15.1 Å². The quantitative estimate of drug-likeness (QED) is 0.869. The predicted molar refractivity (Wildman–Crippen MR) is 71.1 cm³/mol. The van der Waals surface area contributed by atoms with Crippen LogP contribution in [0.3, 0.4) is 0 Å². The molecule has 0 radical (unpaired) electrons. The summed E-state index contributed by atoms with van der Waals surface area (Å²) in [6.07, 6.45) is 6.18. The van der Waals surface area contributed by atoms with Gasteiger partial charge in [0.1, 0.15) is 0 Å². The molecule has 100 valence electrons. The highest BCUT2D eigenvalue weighted by atomic mass is 16.3. The van der Waals surface area contributed by atoms with Crippen molar-refractivity contribution in [2.45, 2.75) is 24.9 Å². The van der Waals surface area contributed by atoms with E-state index in [9.17, 15) is 0 Å². The van der Waals surface area contributed by atoms with Gasteiger partial charge in [0.2, 0.25) is 0 Å². The zero-order valence-electron chi connectivity index (χ0n) is 11.1. The Labute approximate surface area is 109 Å². The number of piperidine rings is 3. The van der Waals surface area contributed by atoms with Crippen LogP contribution in [0.5, 0.6) is 0 Å². The minimum absolute atomic E-state index is 0.160. The summed E-state index contributed by atoms with van der Waals surface area (Å²) in [6, 6.07) is 2.04. The normalized spacial score (nSPS) is 35.3. The molecule has 3 saturated heterocycles. The molecule has 0 aromatic carbocycles. The van der Waals surface area contributed by atoms with Crippen molar-refractivity contribution in [1.82, 2.24) is 9.80 Å². The summed E-state index contributed by atoms with van der Waals surface area (Å²) >= 11 is 0. The van der Waals surface area contributed by atoms with E-state index in [4.69, 9.17) is 10.2 Å². The summed E-state index contributed by atoms with van der Waals surface area (Å²) in [7, 11) is 2.21. The largest absolute Gasteiger partial charge is 0.472 e. The monoisotopic (exact) mass is 249 g/mol. The van der Waals surface area contributed by atoms with Gasteiger partial charge in [0.15, 0.2) is 0 Å². The zero-order valence-corrected chi connectivity index (χ0v) is 11.1. The molecular weight excluding hydrogens is 226 g/mol. The lowest BCUT2D eigenvalue weighted by Gasteiger charge is -2.57. The molecule has 0 saturated carbocycles. The number of nitrogens with zero attached hydrogens (tertiary/aromatic N) is 2. The molecule has 4 heterocycles. The van der Waals surface area contributed by atoms with Crippen LogP contribution in [0.1, 0.15) is 18.4 Å². The standard InChI is InChI=1S/C14H23N3O/c1-16(8-12-4-7-18-9-12)14(10-15)11-17-5-2-13(14)3-6-17/h4,7,9,13H,2-3,5-6,8,10-11,15H2,1H3. The molecule has 3 aliphatic heterocycles. The summed E-state index contributed by atoms with van der Waals surface area (Å²) in [5.41, 5.74) is 7.56. The Morgan fingerprint density at radius 3 is 2.78 bits per heavy atom. The predicted octanol–water partition coefficient (Wildman–Crippen LogP) is 1.13. The molecule has 0 aliphatic carbocycles. The smallest absolute Gasteiger partial charge is 0.0947 e. The van der Waals surface area contributed by atoms with Crippen molar-refractivity contribution < 1.29 is 4.42 Å². The van der Waals surface area contributed by atoms with E-state index in [0.29, 0.717) is 0 Å². The van der Waals surface area contributed by atoms with Gasteiger partial charge in [-0.3, -0.25) is 4.90 Å². The third kappa shape index (κ3) is 1.88. The van der Waals surface area contributed by atoms with Gasteiger partial charge in [-0.05, 0) is 45.0 Å². The highest BCUT2D eigenvalue weighted by Gasteiger charge is 2.48. The van der Waals surface area contributed by atoms with Crippen molar-refractivity contribution in [2.24, 2.45) is 11.7 Å². The summed E-state index contributed by atoms with van der Waals surface area (Å²) in [5.74, 6) is 0.754. The van der Waals surface area contributed by atoms with Crippen LogP contribution in [0.4, 0.5) is 0 Å². The van der Waals surface area contributed by atoms with Gasteiger partial charge in [0.05, 0.1) is 12.5 Å². The van der Waals surface area contributed by atoms with Crippen LogP contribution in [0.2, 0.25) is 0 Å². The van der Waals surface area contributed by atoms with E-state index in [1.54, 1.807) is 6.26 Å². The fourth-order valence-corrected chi connectivity index (χ4v) is 3.78. The topological polar surface area (TPSA) is 45.6 Å². The summed E-state index contributed by atoms with van der Waals surface area (Å²) in [6.45, 7) is 5.32. The van der Waals surface area contributed by atoms with Crippen LogP contribution in [-0.4, -0.2) is 48.6 Å². The number of hydrogen-bond acceptors (Lipinski definition) is 4. The molecule has 1 aromatic rings. The Hall–Kier alpha value is -0.840. The van der Waals surface area contributed by atoms with Crippen molar-refractivity contribution >= 4 is 0 Å². The van der Waals surface area contributed by atoms with Crippen molar-refractivity contribution in [3.63, 3.8) is 0 Å². The highest BCUT2D eigenvalue weighted by molar-refractivity contribution is 5.10. The van der Waals surface area contributed by atoms with E-state index in [2.05, 4.69) is 16.8 Å². The summed E-state index contributed by atoms with van der Waals surface area (Å²) in [4.78, 5) is 5.02. The first-order valence-corrected chi connectivity index (χ1v) is 6.89. The van der Waals surface area contributed by atoms with E-state index in [-0.39, 0.29) is 5.54 Å². The summed E-state index contributed by atoms with van der Waals surface area (Å²) < 4.78 is 5.16. The molecule has 4 rings (SSSR count). The maximum absolute atomic E-state index is 6.16. The molecule has 18 heavy (non-hydrogen) atoms. The second-order valence-corrected chi connectivity index (χ2v) is 5.85. The number of fused-ring (bicyclic) bond motifs is 3. The first kappa shape index (κ1) is 12.2. The average molecular weight is 249 g/mol. The molecule has 4 nitrogen and oxygen atoms in total. The molecule has 2 N–H and O–H groups in total. The fraction of sp³-hybridized carbons (Fsp3) is 0.714. The number of rotatable bonds is 4. The maximum Gasteiger partial charge on any atom is 0.0947 e. The van der Waals surface area contributed by atoms with Crippen molar-refractivity contribution in [2.75, 3.05) is 33.2 Å². The first-order chi connectivity index (χ1) is 8.74. The molecule has 0 spiro atoms. The van der Waals surface area contributed by atoms with Crippen LogP contribution in [-0.2, 0) is 6.54 Å². The molecule has 1 atom stereocenters. The van der Waals surface area contributed by atoms with Gasteiger partial charge in [-0.25, -0.2) is 0 Å². The third-order valence-electron chi connectivity index (χ3n) is 4.96. The molecule has 2 bridgehead atoms. The van der Waals surface area contributed by atoms with Crippen molar-refractivity contribution in [3.05, 3.63) is 24.2 Å². The molecule has 0 amide bonds. The van der Waals surface area contributed by atoms with Gasteiger partial charge in [0.25, 0.3) is 0 Å². The number of nitrogens with two attached hydrogens (primary N) is 1. The Kier molecular flexibility index (Phi) is 3.18. The van der Waals surface area contributed by atoms with Crippen LogP contribution < -0.4 is 5.73 Å². The molecule has 3 aliphatic rings. The minimum Gasteiger partial charge on any atom is -0.472 e. The lowest BCUT2D eigenvalue weighted by molar-refractivity contribution is -0.0596. The lowest BCUT2D eigenvalue weighted by Crippen LogP contribution is -2.68. The van der Waals surface area contributed by atoms with Crippen LogP contribution in [0, 0.1) is 5.92 Å². The number of hydrogen-bond donors (Lipinski definition) is 1. The number of likely N-dealkylation sites (N-methyl/N-ethyl adjacent to an activating group) is 1. The van der Waals surface area contributed by atoms with Crippen LogP contribution >= 0.6 is 0 Å². The van der Waals surface area contributed by atoms with Crippen molar-refractivity contribution in [1.29, 1.82) is 0 Å². The van der Waals surface area contributed by atoms with Crippen LogP contribution in [0.15, 0.2) is 23.0 Å². The fourth-order valence-electron chi connectivity index (χ4n) is 3.78. The molecule has 4 heteroatoms. The second kappa shape index (κ2) is 4.68. The minimum atomic E-state index is 0.160. The van der Waals surface area contributed by atoms with E-state index in [0.717, 1.165) is 25.6 Å². The van der Waals surface area contributed by atoms with Gasteiger partial charge in [0, 0.05) is 30.7 Å². The van der Waals surface area contributed by atoms with E-state index < -0.39 is 0 Å². The Morgan fingerprint density at radius 1 is 1.50 bits per heavy atom. The van der Waals surface area contributed by atoms with E-state index in [1.165, 1.54) is 31.5 Å². The zero-order chi connectivity index (χ0) is 12.6.